The maximum atomic E-state index is 13.2. The van der Waals surface area contributed by atoms with Gasteiger partial charge in [0, 0.05) is 23.6 Å². The maximum absolute atomic E-state index is 13.2. The summed E-state index contributed by atoms with van der Waals surface area (Å²) in [5.74, 6) is -0.371. The molecule has 0 radical (unpaired) electrons. The van der Waals surface area contributed by atoms with Gasteiger partial charge in [-0.25, -0.2) is 0 Å². The number of hydrogen-bond donors (Lipinski definition) is 1. The maximum Gasteiger partial charge on any atom is 0.300 e. The number of amides is 1. The molecule has 34 heavy (non-hydrogen) atoms. The van der Waals surface area contributed by atoms with Crippen LogP contribution in [-0.2, 0) is 9.59 Å². The van der Waals surface area contributed by atoms with Gasteiger partial charge < -0.3 is 14.6 Å². The number of aryl methyl sites for hydroxylation is 1. The van der Waals surface area contributed by atoms with Crippen molar-refractivity contribution in [1.82, 2.24) is 4.98 Å². The molecule has 2 aromatic carbocycles. The standard InChI is InChI=1S/C27H26N2O5/c1-4-33-21-11-9-20(10-12-21)29-24(19-7-6-14-28-16-19)23(26(31)27(29)32)25(30)18-8-13-22(34-5-2)17(3)15-18/h6-16,24,30H,4-5H2,1-3H3/b25-23-. The molecule has 0 spiro atoms. The Morgan fingerprint density at radius 1 is 1.03 bits per heavy atom. The molecule has 0 aliphatic carbocycles. The van der Waals surface area contributed by atoms with Gasteiger partial charge in [-0.1, -0.05) is 6.07 Å². The molecule has 1 fully saturated rings. The van der Waals surface area contributed by atoms with E-state index in [0.29, 0.717) is 41.5 Å². The number of hydrogen-bond acceptors (Lipinski definition) is 6. The van der Waals surface area contributed by atoms with E-state index in [1.165, 1.54) is 4.90 Å². The highest BCUT2D eigenvalue weighted by Crippen LogP contribution is 2.42. The molecule has 1 atom stereocenters. The summed E-state index contributed by atoms with van der Waals surface area (Å²) in [6.45, 7) is 6.67. The predicted molar refractivity (Wildman–Crippen MR) is 129 cm³/mol. The number of aliphatic hydroxyl groups excluding tert-OH is 1. The molecule has 174 valence electrons. The van der Waals surface area contributed by atoms with Crippen LogP contribution in [0.1, 0.15) is 36.6 Å². The minimum Gasteiger partial charge on any atom is -0.507 e. The van der Waals surface area contributed by atoms with E-state index in [-0.39, 0.29) is 11.3 Å². The molecule has 1 amide bonds. The van der Waals surface area contributed by atoms with Crippen LogP contribution in [0.5, 0.6) is 11.5 Å². The van der Waals surface area contributed by atoms with Crippen molar-refractivity contribution in [3.05, 3.63) is 89.3 Å². The van der Waals surface area contributed by atoms with Crippen LogP contribution in [0.4, 0.5) is 5.69 Å². The fourth-order valence-corrected chi connectivity index (χ4v) is 4.09. The third-order valence-corrected chi connectivity index (χ3v) is 5.62. The molecule has 1 unspecified atom stereocenters. The summed E-state index contributed by atoms with van der Waals surface area (Å²) in [6, 6.07) is 14.8. The first-order valence-corrected chi connectivity index (χ1v) is 11.1. The van der Waals surface area contributed by atoms with E-state index < -0.39 is 17.7 Å². The van der Waals surface area contributed by atoms with Crippen LogP contribution in [0.2, 0.25) is 0 Å². The molecule has 4 rings (SSSR count). The number of ether oxygens (including phenoxy) is 2. The normalized spacial score (nSPS) is 17.1. The number of nitrogens with zero attached hydrogens (tertiary/aromatic N) is 2. The summed E-state index contributed by atoms with van der Waals surface area (Å²) < 4.78 is 11.1. The topological polar surface area (TPSA) is 89.0 Å². The Kier molecular flexibility index (Phi) is 6.63. The molecule has 1 aliphatic rings. The smallest absolute Gasteiger partial charge is 0.300 e. The Labute approximate surface area is 198 Å². The highest BCUT2D eigenvalue weighted by atomic mass is 16.5. The third-order valence-electron chi connectivity index (χ3n) is 5.62. The van der Waals surface area contributed by atoms with Crippen molar-refractivity contribution in [2.45, 2.75) is 26.8 Å². The van der Waals surface area contributed by atoms with Crippen molar-refractivity contribution in [3.8, 4) is 11.5 Å². The van der Waals surface area contributed by atoms with E-state index in [0.717, 1.165) is 5.56 Å². The first-order chi connectivity index (χ1) is 16.5. The molecular formula is C27H26N2O5. The van der Waals surface area contributed by atoms with Crippen LogP contribution in [0, 0.1) is 6.92 Å². The molecule has 1 aromatic heterocycles. The number of carbonyl (C=O) groups is 2. The van der Waals surface area contributed by atoms with Crippen molar-refractivity contribution in [2.75, 3.05) is 18.1 Å². The summed E-state index contributed by atoms with van der Waals surface area (Å²) in [5.41, 5.74) is 2.38. The van der Waals surface area contributed by atoms with Crippen LogP contribution in [0.25, 0.3) is 5.76 Å². The van der Waals surface area contributed by atoms with Gasteiger partial charge in [0.2, 0.25) is 0 Å². The van der Waals surface area contributed by atoms with E-state index in [2.05, 4.69) is 4.98 Å². The highest BCUT2D eigenvalue weighted by molar-refractivity contribution is 6.51. The van der Waals surface area contributed by atoms with E-state index in [1.807, 2.05) is 20.8 Å². The van der Waals surface area contributed by atoms with Gasteiger partial charge in [-0.15, -0.1) is 0 Å². The number of carbonyl (C=O) groups excluding carboxylic acids is 2. The molecule has 7 heteroatoms. The van der Waals surface area contributed by atoms with Gasteiger partial charge in [0.25, 0.3) is 11.7 Å². The van der Waals surface area contributed by atoms with Gasteiger partial charge in [-0.3, -0.25) is 19.5 Å². The number of ketones is 1. The Bertz CT molecular complexity index is 1240. The third kappa shape index (κ3) is 4.24. The molecule has 1 aliphatic heterocycles. The Morgan fingerprint density at radius 3 is 2.38 bits per heavy atom. The second-order valence-corrected chi connectivity index (χ2v) is 7.80. The highest BCUT2D eigenvalue weighted by Gasteiger charge is 2.47. The van der Waals surface area contributed by atoms with Crippen LogP contribution < -0.4 is 14.4 Å². The number of rotatable bonds is 7. The number of Topliss-reactive ketones (excluding diaryl/α,β-unsaturated/α-hetero) is 1. The van der Waals surface area contributed by atoms with Gasteiger partial charge in [-0.2, -0.15) is 0 Å². The monoisotopic (exact) mass is 458 g/mol. The lowest BCUT2D eigenvalue weighted by Crippen LogP contribution is -2.29. The second kappa shape index (κ2) is 9.79. The van der Waals surface area contributed by atoms with Crippen LogP contribution in [0.3, 0.4) is 0 Å². The molecule has 1 N–H and O–H groups in total. The van der Waals surface area contributed by atoms with E-state index in [1.54, 1.807) is 67.0 Å². The molecule has 0 saturated carbocycles. The predicted octanol–water partition coefficient (Wildman–Crippen LogP) is 4.81. The average Bonchev–Trinajstić information content (AvgIpc) is 3.12. The zero-order valence-electron chi connectivity index (χ0n) is 19.3. The molecule has 2 heterocycles. The van der Waals surface area contributed by atoms with Crippen molar-refractivity contribution in [1.29, 1.82) is 0 Å². The lowest BCUT2D eigenvalue weighted by atomic mass is 9.95. The zero-order chi connectivity index (χ0) is 24.2. The lowest BCUT2D eigenvalue weighted by molar-refractivity contribution is -0.132. The summed E-state index contributed by atoms with van der Waals surface area (Å²) in [4.78, 5) is 32.0. The summed E-state index contributed by atoms with van der Waals surface area (Å²) in [7, 11) is 0. The SMILES string of the molecule is CCOc1ccc(N2C(=O)C(=O)/C(=C(\O)c3ccc(OCC)c(C)c3)C2c2cccnc2)cc1. The number of benzene rings is 2. The molecule has 3 aromatic rings. The minimum absolute atomic E-state index is 0.00967. The zero-order valence-corrected chi connectivity index (χ0v) is 19.3. The Hall–Kier alpha value is -4.13. The lowest BCUT2D eigenvalue weighted by Gasteiger charge is -2.25. The Morgan fingerprint density at radius 2 is 1.76 bits per heavy atom. The summed E-state index contributed by atoms with van der Waals surface area (Å²) in [5, 5.41) is 11.3. The van der Waals surface area contributed by atoms with Crippen LogP contribution in [0.15, 0.2) is 72.6 Å². The quantitative estimate of drug-likeness (QED) is 0.310. The van der Waals surface area contributed by atoms with Gasteiger partial charge in [0.15, 0.2) is 0 Å². The molecular weight excluding hydrogens is 432 g/mol. The summed E-state index contributed by atoms with van der Waals surface area (Å²) in [6.07, 6.45) is 3.21. The van der Waals surface area contributed by atoms with Crippen LogP contribution >= 0.6 is 0 Å². The van der Waals surface area contributed by atoms with Gasteiger partial charge >= 0.3 is 0 Å². The van der Waals surface area contributed by atoms with E-state index >= 15 is 0 Å². The van der Waals surface area contributed by atoms with Crippen LogP contribution in [-0.4, -0.2) is 35.0 Å². The first kappa shape index (κ1) is 23.0. The second-order valence-electron chi connectivity index (χ2n) is 7.80. The first-order valence-electron chi connectivity index (χ1n) is 11.1. The number of anilines is 1. The van der Waals surface area contributed by atoms with Crippen molar-refractivity contribution in [2.24, 2.45) is 0 Å². The fourth-order valence-electron chi connectivity index (χ4n) is 4.09. The molecule has 7 nitrogen and oxygen atoms in total. The van der Waals surface area contributed by atoms with E-state index in [4.69, 9.17) is 9.47 Å². The number of aromatic nitrogens is 1. The Balaban J connectivity index is 1.85. The largest absolute Gasteiger partial charge is 0.507 e. The summed E-state index contributed by atoms with van der Waals surface area (Å²) >= 11 is 0. The van der Waals surface area contributed by atoms with E-state index in [9.17, 15) is 14.7 Å². The van der Waals surface area contributed by atoms with Crippen molar-refractivity contribution >= 4 is 23.1 Å². The number of pyridine rings is 1. The molecule has 1 saturated heterocycles. The minimum atomic E-state index is -0.835. The number of aliphatic hydroxyl groups is 1. The van der Waals surface area contributed by atoms with Gasteiger partial charge in [0.05, 0.1) is 24.8 Å². The van der Waals surface area contributed by atoms with Gasteiger partial charge in [-0.05, 0) is 80.4 Å². The van der Waals surface area contributed by atoms with Crippen molar-refractivity contribution in [3.63, 3.8) is 0 Å². The molecule has 0 bridgehead atoms. The van der Waals surface area contributed by atoms with Gasteiger partial charge in [0.1, 0.15) is 17.3 Å². The fraction of sp³-hybridized carbons (Fsp3) is 0.222. The average molecular weight is 459 g/mol. The van der Waals surface area contributed by atoms with Crippen molar-refractivity contribution < 1.29 is 24.2 Å².